The average molecular weight is 274 g/mol. The van der Waals surface area contributed by atoms with E-state index >= 15 is 0 Å². The summed E-state index contributed by atoms with van der Waals surface area (Å²) in [4.78, 5) is 5.70. The van der Waals surface area contributed by atoms with Gasteiger partial charge in [0.25, 0.3) is 0 Å². The molecule has 1 atom stereocenters. The molecule has 0 amide bonds. The maximum absolute atomic E-state index is 11.3. The van der Waals surface area contributed by atoms with Crippen LogP contribution in [0.25, 0.3) is 0 Å². The smallest absolute Gasteiger partial charge is 0.150 e. The molecule has 2 heterocycles. The minimum Gasteiger partial charge on any atom is -0.310 e. The monoisotopic (exact) mass is 274 g/mol. The molecule has 1 aliphatic rings. The van der Waals surface area contributed by atoms with E-state index in [0.29, 0.717) is 11.5 Å². The molecule has 1 aromatic heterocycles. The number of rotatable bonds is 4. The van der Waals surface area contributed by atoms with Crippen molar-refractivity contribution in [2.24, 2.45) is 5.92 Å². The highest BCUT2D eigenvalue weighted by atomic mass is 32.2. The lowest BCUT2D eigenvalue weighted by Crippen LogP contribution is -2.23. The minimum atomic E-state index is -2.75. The Kier molecular flexibility index (Phi) is 3.85. The fourth-order valence-corrected chi connectivity index (χ4v) is 4.80. The van der Waals surface area contributed by atoms with E-state index in [9.17, 15) is 8.42 Å². The van der Waals surface area contributed by atoms with Crippen LogP contribution in [0.3, 0.4) is 0 Å². The van der Waals surface area contributed by atoms with Crippen LogP contribution in [0, 0.1) is 19.8 Å². The van der Waals surface area contributed by atoms with Gasteiger partial charge in [-0.3, -0.25) is 0 Å². The van der Waals surface area contributed by atoms with Crippen molar-refractivity contribution < 1.29 is 8.42 Å². The van der Waals surface area contributed by atoms with Crippen molar-refractivity contribution in [1.82, 2.24) is 10.3 Å². The van der Waals surface area contributed by atoms with Gasteiger partial charge in [-0.15, -0.1) is 11.3 Å². The van der Waals surface area contributed by atoms with Gasteiger partial charge in [-0.05, 0) is 32.7 Å². The lowest BCUT2D eigenvalue weighted by atomic mass is 10.1. The molecule has 0 aliphatic carbocycles. The van der Waals surface area contributed by atoms with Gasteiger partial charge in [-0.2, -0.15) is 0 Å². The molecule has 1 aliphatic heterocycles. The van der Waals surface area contributed by atoms with Gasteiger partial charge in [-0.25, -0.2) is 13.4 Å². The summed E-state index contributed by atoms with van der Waals surface area (Å²) in [5, 5.41) is 4.39. The van der Waals surface area contributed by atoms with Crippen molar-refractivity contribution in [2.45, 2.75) is 26.8 Å². The van der Waals surface area contributed by atoms with Gasteiger partial charge >= 0.3 is 0 Å². The molecule has 96 valence electrons. The summed E-state index contributed by atoms with van der Waals surface area (Å²) in [6.45, 7) is 5.60. The highest BCUT2D eigenvalue weighted by Gasteiger charge is 2.27. The molecule has 0 aromatic carbocycles. The Labute approximate surface area is 106 Å². The van der Waals surface area contributed by atoms with E-state index in [1.165, 1.54) is 4.88 Å². The standard InChI is InChI=1S/C11H18N2O2S2/c1-8-9(2)16-11(13-8)6-12-5-10-3-4-17(14,15)7-10/h10,12H,3-7H2,1-2H3. The Bertz CT molecular complexity index is 474. The molecule has 0 bridgehead atoms. The fraction of sp³-hybridized carbons (Fsp3) is 0.727. The number of nitrogens with one attached hydrogen (secondary N) is 1. The van der Waals surface area contributed by atoms with Gasteiger partial charge in [0.2, 0.25) is 0 Å². The van der Waals surface area contributed by atoms with Crippen molar-refractivity contribution in [1.29, 1.82) is 0 Å². The molecule has 17 heavy (non-hydrogen) atoms. The van der Waals surface area contributed by atoms with Crippen LogP contribution in [-0.2, 0) is 16.4 Å². The largest absolute Gasteiger partial charge is 0.310 e. The molecule has 0 spiro atoms. The number of hydrogen-bond donors (Lipinski definition) is 1. The van der Waals surface area contributed by atoms with Crippen molar-refractivity contribution in [2.75, 3.05) is 18.1 Å². The van der Waals surface area contributed by atoms with E-state index in [0.717, 1.165) is 30.2 Å². The predicted octanol–water partition coefficient (Wildman–Crippen LogP) is 1.28. The molecule has 1 unspecified atom stereocenters. The number of hydrogen-bond acceptors (Lipinski definition) is 5. The van der Waals surface area contributed by atoms with Crippen LogP contribution < -0.4 is 5.32 Å². The summed E-state index contributed by atoms with van der Waals surface area (Å²) in [5.41, 5.74) is 1.09. The second-order valence-corrected chi connectivity index (χ2v) is 8.17. The molecule has 0 radical (unpaired) electrons. The highest BCUT2D eigenvalue weighted by molar-refractivity contribution is 7.91. The SMILES string of the molecule is Cc1nc(CNCC2CCS(=O)(=O)C2)sc1C. The van der Waals surface area contributed by atoms with Gasteiger partial charge in [0.05, 0.1) is 17.2 Å². The third-order valence-corrected chi connectivity index (χ3v) is 6.02. The molecule has 2 rings (SSSR count). The van der Waals surface area contributed by atoms with Crippen LogP contribution in [0.15, 0.2) is 0 Å². The number of nitrogens with zero attached hydrogens (tertiary/aromatic N) is 1. The summed E-state index contributed by atoms with van der Waals surface area (Å²) in [6, 6.07) is 0. The number of aryl methyl sites for hydroxylation is 2. The molecular weight excluding hydrogens is 256 g/mol. The van der Waals surface area contributed by atoms with Crippen LogP contribution in [0.2, 0.25) is 0 Å². The summed E-state index contributed by atoms with van der Waals surface area (Å²) in [7, 11) is -2.75. The molecule has 6 heteroatoms. The molecule has 1 saturated heterocycles. The first-order chi connectivity index (χ1) is 7.96. The van der Waals surface area contributed by atoms with Crippen LogP contribution in [0.5, 0.6) is 0 Å². The normalized spacial score (nSPS) is 23.1. The zero-order valence-electron chi connectivity index (χ0n) is 10.2. The average Bonchev–Trinajstić information content (AvgIpc) is 2.72. The Morgan fingerprint density at radius 1 is 1.47 bits per heavy atom. The fourth-order valence-electron chi connectivity index (χ4n) is 2.03. The van der Waals surface area contributed by atoms with Crippen LogP contribution in [0.4, 0.5) is 0 Å². The van der Waals surface area contributed by atoms with Crippen molar-refractivity contribution >= 4 is 21.2 Å². The Morgan fingerprint density at radius 2 is 2.24 bits per heavy atom. The van der Waals surface area contributed by atoms with E-state index in [1.54, 1.807) is 11.3 Å². The highest BCUT2D eigenvalue weighted by Crippen LogP contribution is 2.18. The summed E-state index contributed by atoms with van der Waals surface area (Å²) in [6.07, 6.45) is 0.797. The Morgan fingerprint density at radius 3 is 2.76 bits per heavy atom. The molecule has 1 aromatic rings. The van der Waals surface area contributed by atoms with Crippen LogP contribution in [0.1, 0.15) is 22.0 Å². The Hall–Kier alpha value is -0.460. The van der Waals surface area contributed by atoms with E-state index < -0.39 is 9.84 Å². The van der Waals surface area contributed by atoms with Crippen molar-refractivity contribution in [3.8, 4) is 0 Å². The lowest BCUT2D eigenvalue weighted by Gasteiger charge is -2.07. The first kappa shape index (κ1) is 13.0. The number of thiazole rings is 1. The van der Waals surface area contributed by atoms with Crippen LogP contribution >= 0.6 is 11.3 Å². The quantitative estimate of drug-likeness (QED) is 0.898. The zero-order chi connectivity index (χ0) is 12.5. The first-order valence-electron chi connectivity index (χ1n) is 5.80. The first-order valence-corrected chi connectivity index (χ1v) is 8.44. The van der Waals surface area contributed by atoms with Crippen molar-refractivity contribution in [3.05, 3.63) is 15.6 Å². The summed E-state index contributed by atoms with van der Waals surface area (Å²) < 4.78 is 22.6. The maximum Gasteiger partial charge on any atom is 0.150 e. The third-order valence-electron chi connectivity index (χ3n) is 3.11. The topological polar surface area (TPSA) is 59.1 Å². The number of aromatic nitrogens is 1. The minimum absolute atomic E-state index is 0.280. The summed E-state index contributed by atoms with van der Waals surface area (Å²) >= 11 is 1.70. The van der Waals surface area contributed by atoms with Crippen LogP contribution in [-0.4, -0.2) is 31.5 Å². The summed E-state index contributed by atoms with van der Waals surface area (Å²) in [5.74, 6) is 0.979. The molecule has 0 saturated carbocycles. The maximum atomic E-state index is 11.3. The predicted molar refractivity (Wildman–Crippen MR) is 70.1 cm³/mol. The van der Waals surface area contributed by atoms with E-state index in [2.05, 4.69) is 17.2 Å². The van der Waals surface area contributed by atoms with Gasteiger partial charge in [-0.1, -0.05) is 0 Å². The van der Waals surface area contributed by atoms with E-state index in [-0.39, 0.29) is 5.92 Å². The number of sulfone groups is 1. The molecule has 1 N–H and O–H groups in total. The second kappa shape index (κ2) is 5.04. The van der Waals surface area contributed by atoms with Crippen molar-refractivity contribution in [3.63, 3.8) is 0 Å². The lowest BCUT2D eigenvalue weighted by molar-refractivity contribution is 0.520. The van der Waals surface area contributed by atoms with Gasteiger partial charge < -0.3 is 5.32 Å². The van der Waals surface area contributed by atoms with E-state index in [4.69, 9.17) is 0 Å². The van der Waals surface area contributed by atoms with Gasteiger partial charge in [0, 0.05) is 11.4 Å². The molecule has 4 nitrogen and oxygen atoms in total. The van der Waals surface area contributed by atoms with Gasteiger partial charge in [0.15, 0.2) is 9.84 Å². The Balaban J connectivity index is 1.77. The second-order valence-electron chi connectivity index (χ2n) is 4.65. The molecular formula is C11H18N2O2S2. The molecule has 1 fully saturated rings. The zero-order valence-corrected chi connectivity index (χ0v) is 11.8. The van der Waals surface area contributed by atoms with E-state index in [1.807, 2.05) is 6.92 Å². The van der Waals surface area contributed by atoms with Gasteiger partial charge in [0.1, 0.15) is 5.01 Å². The third kappa shape index (κ3) is 3.50.